The Morgan fingerprint density at radius 3 is 0.894 bits per heavy atom. The van der Waals surface area contributed by atoms with E-state index >= 15 is 0 Å². The quantitative estimate of drug-likeness (QED) is 0.294. The Balaban J connectivity index is 0.000000387. The second-order valence-corrected chi connectivity index (χ2v) is 26.3. The molecule has 0 atom stereocenters. The molecule has 0 amide bonds. The highest BCUT2D eigenvalue weighted by atomic mass is 32.2. The van der Waals surface area contributed by atoms with Gasteiger partial charge in [0.05, 0.1) is 24.7 Å². The van der Waals surface area contributed by atoms with Gasteiger partial charge in [0.1, 0.15) is 0 Å². The van der Waals surface area contributed by atoms with E-state index < -0.39 is 9.84 Å². The minimum absolute atomic E-state index is 0.338. The van der Waals surface area contributed by atoms with E-state index in [1.54, 1.807) is 0 Å². The van der Waals surface area contributed by atoms with Crippen molar-refractivity contribution in [3.8, 4) is 0 Å². The van der Waals surface area contributed by atoms with Crippen LogP contribution in [0.1, 0.15) is 182 Å². The summed E-state index contributed by atoms with van der Waals surface area (Å²) in [7, 11) is -2.69. The number of hydrogen-bond donors (Lipinski definition) is 1. The Morgan fingerprint density at radius 2 is 0.636 bits per heavy atom. The fourth-order valence-corrected chi connectivity index (χ4v) is 10.3. The van der Waals surface area contributed by atoms with Gasteiger partial charge in [-0.3, -0.25) is 24.5 Å². The van der Waals surface area contributed by atoms with E-state index in [0.717, 1.165) is 51.5 Å². The third-order valence-electron chi connectivity index (χ3n) is 14.3. The van der Waals surface area contributed by atoms with Crippen LogP contribution in [0.25, 0.3) is 0 Å². The lowest BCUT2D eigenvalue weighted by Gasteiger charge is -2.38. The molecule has 7 rings (SSSR count). The smallest absolute Gasteiger partial charge is 0.152 e. The van der Waals surface area contributed by atoms with Crippen molar-refractivity contribution in [1.82, 2.24) is 39.6 Å². The summed E-state index contributed by atoms with van der Waals surface area (Å²) in [6, 6.07) is 2.73. The third-order valence-corrected chi connectivity index (χ3v) is 15.9. The van der Waals surface area contributed by atoms with E-state index in [0.29, 0.717) is 53.3 Å². The monoisotopic (exact) mass is 957 g/mol. The molecule has 12 heteroatoms. The van der Waals surface area contributed by atoms with Gasteiger partial charge >= 0.3 is 0 Å². The fraction of sp³-hybridized carbons (Fsp3) is 1.00. The topological polar surface area (TPSA) is 78.1 Å². The predicted molar refractivity (Wildman–Crippen MR) is 289 cm³/mol. The first-order valence-electron chi connectivity index (χ1n) is 27.4. The van der Waals surface area contributed by atoms with Crippen molar-refractivity contribution < 1.29 is 13.2 Å². The minimum atomic E-state index is -2.69. The molecule has 0 spiro atoms. The summed E-state index contributed by atoms with van der Waals surface area (Å²) in [5, 5.41) is 3.35. The molecule has 11 nitrogen and oxygen atoms in total. The van der Waals surface area contributed by atoms with Crippen molar-refractivity contribution in [1.29, 1.82) is 0 Å². The Bertz CT molecular complexity index is 1220. The van der Waals surface area contributed by atoms with Gasteiger partial charge in [0.15, 0.2) is 9.84 Å². The van der Waals surface area contributed by atoms with Crippen LogP contribution in [0.2, 0.25) is 0 Å². The van der Waals surface area contributed by atoms with E-state index in [4.69, 9.17) is 4.74 Å². The zero-order chi connectivity index (χ0) is 50.0. The maximum atomic E-state index is 11.0. The number of hydrogen-bond acceptors (Lipinski definition) is 11. The van der Waals surface area contributed by atoms with Crippen LogP contribution in [-0.4, -0.2) is 213 Å². The molecule has 7 saturated heterocycles. The minimum Gasteiger partial charge on any atom is -0.379 e. The molecule has 7 aliphatic heterocycles. The molecule has 0 aliphatic carbocycles. The zero-order valence-corrected chi connectivity index (χ0v) is 48.1. The van der Waals surface area contributed by atoms with Gasteiger partial charge in [0.2, 0.25) is 0 Å². The molecule has 0 bridgehead atoms. The molecule has 1 N–H and O–H groups in total. The van der Waals surface area contributed by atoms with Gasteiger partial charge < -0.3 is 19.9 Å². The van der Waals surface area contributed by atoms with E-state index in [9.17, 15) is 8.42 Å². The van der Waals surface area contributed by atoms with Crippen LogP contribution in [0.5, 0.6) is 0 Å². The number of piperazine rings is 1. The number of piperidine rings is 1. The molecule has 0 radical (unpaired) electrons. The van der Waals surface area contributed by atoms with E-state index in [1.165, 1.54) is 130 Å². The molecule has 7 fully saturated rings. The van der Waals surface area contributed by atoms with Crippen molar-refractivity contribution in [3.63, 3.8) is 0 Å². The molecular formula is C54H116N8O3S. The molecule has 7 aliphatic rings. The Hall–Kier alpha value is -0.410. The van der Waals surface area contributed by atoms with Crippen molar-refractivity contribution in [2.45, 2.75) is 223 Å². The molecule has 0 unspecified atom stereocenters. The number of sulfone groups is 1. The molecule has 396 valence electrons. The molecule has 66 heavy (non-hydrogen) atoms. The SMILES string of the molecule is CC(C)(C)N1CCCCC1.CC(C)(C)N1CCCCCC1.CC(C)(C)N1CCNCC1.CC(C)N1CCC1.CC(C)N1CCCC1.CC(C)N1CCOCC1.CC(C)N1CCS(=O)(=O)CC1. The molecule has 0 saturated carbocycles. The first-order valence-corrected chi connectivity index (χ1v) is 29.3. The first kappa shape index (κ1) is 63.6. The second-order valence-electron chi connectivity index (χ2n) is 24.0. The number of rotatable bonds is 4. The van der Waals surface area contributed by atoms with Crippen LogP contribution in [-0.2, 0) is 14.6 Å². The largest absolute Gasteiger partial charge is 0.379 e. The van der Waals surface area contributed by atoms with Crippen molar-refractivity contribution in [2.75, 3.05) is 129 Å². The predicted octanol–water partition coefficient (Wildman–Crippen LogP) is 9.07. The average molecular weight is 958 g/mol. The normalized spacial score (nSPS) is 23.5. The summed E-state index contributed by atoms with van der Waals surface area (Å²) in [5.41, 5.74) is 1.16. The fourth-order valence-electron chi connectivity index (χ4n) is 9.09. The molecular weight excluding hydrogens is 841 g/mol. The van der Waals surface area contributed by atoms with Gasteiger partial charge in [-0.15, -0.1) is 0 Å². The lowest BCUT2D eigenvalue weighted by atomic mass is 10.0. The van der Waals surface area contributed by atoms with Crippen LogP contribution in [0, 0.1) is 0 Å². The summed E-state index contributed by atoms with van der Waals surface area (Å²) in [6.45, 7) is 59.1. The van der Waals surface area contributed by atoms with Crippen molar-refractivity contribution in [3.05, 3.63) is 0 Å². The second kappa shape index (κ2) is 33.3. The summed E-state index contributed by atoms with van der Waals surface area (Å²) in [6.07, 6.45) is 14.2. The number of morpholine rings is 1. The summed E-state index contributed by atoms with van der Waals surface area (Å²) >= 11 is 0. The van der Waals surface area contributed by atoms with Crippen molar-refractivity contribution >= 4 is 9.84 Å². The lowest BCUT2D eigenvalue weighted by Crippen LogP contribution is -2.51. The summed E-state index contributed by atoms with van der Waals surface area (Å²) in [4.78, 5) is 17.3. The van der Waals surface area contributed by atoms with Crippen molar-refractivity contribution in [2.24, 2.45) is 0 Å². The van der Waals surface area contributed by atoms with Gasteiger partial charge in [-0.2, -0.15) is 0 Å². The molecule has 0 aromatic heterocycles. The van der Waals surface area contributed by atoms with Gasteiger partial charge in [-0.05, 0) is 215 Å². The summed E-state index contributed by atoms with van der Waals surface area (Å²) in [5.74, 6) is 0.677. The van der Waals surface area contributed by atoms with E-state index in [2.05, 4.69) is 157 Å². The lowest BCUT2D eigenvalue weighted by molar-refractivity contribution is 0.0238. The highest BCUT2D eigenvalue weighted by Crippen LogP contribution is 2.20. The highest BCUT2D eigenvalue weighted by Gasteiger charge is 2.25. The highest BCUT2D eigenvalue weighted by molar-refractivity contribution is 7.91. The number of nitrogens with one attached hydrogen (secondary N) is 1. The maximum Gasteiger partial charge on any atom is 0.152 e. The van der Waals surface area contributed by atoms with Crippen LogP contribution in [0.4, 0.5) is 0 Å². The Morgan fingerprint density at radius 1 is 0.364 bits per heavy atom. The zero-order valence-electron chi connectivity index (χ0n) is 47.3. The molecule has 7 heterocycles. The van der Waals surface area contributed by atoms with E-state index in [-0.39, 0.29) is 0 Å². The van der Waals surface area contributed by atoms with Crippen LogP contribution < -0.4 is 5.32 Å². The van der Waals surface area contributed by atoms with E-state index in [1.807, 2.05) is 0 Å². The van der Waals surface area contributed by atoms with Crippen LogP contribution >= 0.6 is 0 Å². The average Bonchev–Trinajstić information content (AvgIpc) is 3.64. The third kappa shape index (κ3) is 29.7. The van der Waals surface area contributed by atoms with Gasteiger partial charge in [0, 0.05) is 93.1 Å². The first-order chi connectivity index (χ1) is 30.7. The van der Waals surface area contributed by atoms with Crippen LogP contribution in [0.3, 0.4) is 0 Å². The Kier molecular flexibility index (Phi) is 32.1. The number of ether oxygens (including phenoxy) is 1. The molecule has 0 aromatic rings. The Labute approximate surface area is 413 Å². The summed E-state index contributed by atoms with van der Waals surface area (Å²) < 4.78 is 27.2. The number of nitrogens with zero attached hydrogens (tertiary/aromatic N) is 7. The van der Waals surface area contributed by atoms with Gasteiger partial charge in [-0.1, -0.05) is 19.3 Å². The van der Waals surface area contributed by atoms with Crippen LogP contribution in [0.15, 0.2) is 0 Å². The number of likely N-dealkylation sites (tertiary alicyclic amines) is 4. The maximum absolute atomic E-state index is 11.0. The van der Waals surface area contributed by atoms with Gasteiger partial charge in [-0.25, -0.2) is 8.42 Å². The standard InChI is InChI=1S/C10H21N.C9H19N.C8H18N2.C7H15NO2S.C7H15NO.C7H15N.C6H13N/c1-10(2,3)11-8-6-4-5-7-9-11;1-9(2,3)10-7-5-4-6-8-10;1-8(2,3)10-6-4-9-5-7-10;1-7(2)8-3-5-11(9,10)6-4-8;1-7(2)8-3-5-9-6-4-8;1-7(2)8-5-3-4-6-8;1-6(2)7-4-3-5-7/h4-9H2,1-3H3;4-8H2,1-3H3;9H,4-7H2,1-3H3;7H,3-6H2,1-2H3;7H,3-6H2,1-2H3;7H,3-6H2,1-2H3;6H,3-5H2,1-2H3. The molecule has 0 aromatic carbocycles. The van der Waals surface area contributed by atoms with Gasteiger partial charge in [0.25, 0.3) is 0 Å².